The van der Waals surface area contributed by atoms with Crippen LogP contribution in [0.25, 0.3) is 10.9 Å². The van der Waals surface area contributed by atoms with E-state index in [0.717, 1.165) is 22.9 Å². The molecule has 0 aliphatic carbocycles. The van der Waals surface area contributed by atoms with Crippen LogP contribution in [0.15, 0.2) is 48.7 Å². The van der Waals surface area contributed by atoms with Gasteiger partial charge < -0.3 is 15.0 Å². The maximum Gasteiger partial charge on any atom is 0.125 e. The van der Waals surface area contributed by atoms with Crippen molar-refractivity contribution in [1.29, 1.82) is 0 Å². The largest absolute Gasteiger partial charge is 0.507 e. The number of fused-ring (bicyclic) bond motifs is 1. The fourth-order valence-corrected chi connectivity index (χ4v) is 2.68. The molecule has 0 saturated heterocycles. The molecule has 3 nitrogen and oxygen atoms in total. The first-order valence-electron chi connectivity index (χ1n) is 6.70. The number of anilines is 1. The summed E-state index contributed by atoms with van der Waals surface area (Å²) in [6.07, 6.45) is 2.78. The first kappa shape index (κ1) is 12.6. The lowest BCUT2D eigenvalue weighted by Crippen LogP contribution is -2.11. The van der Waals surface area contributed by atoms with Crippen molar-refractivity contribution in [2.45, 2.75) is 6.42 Å². The summed E-state index contributed by atoms with van der Waals surface area (Å²) < 4.78 is 0. The summed E-state index contributed by atoms with van der Waals surface area (Å²) in [5, 5.41) is 11.0. The lowest BCUT2D eigenvalue weighted by Gasteiger charge is -2.17. The zero-order valence-electron chi connectivity index (χ0n) is 11.7. The zero-order valence-corrected chi connectivity index (χ0v) is 11.7. The molecule has 3 rings (SSSR count). The first-order valence-corrected chi connectivity index (χ1v) is 6.70. The number of aromatic amines is 1. The molecule has 102 valence electrons. The van der Waals surface area contributed by atoms with E-state index >= 15 is 0 Å². The van der Waals surface area contributed by atoms with Gasteiger partial charge in [-0.25, -0.2) is 0 Å². The van der Waals surface area contributed by atoms with Crippen molar-refractivity contribution in [3.05, 3.63) is 59.8 Å². The number of nitrogens with zero attached hydrogens (tertiary/aromatic N) is 1. The minimum atomic E-state index is 0.334. The van der Waals surface area contributed by atoms with E-state index in [1.54, 1.807) is 6.07 Å². The second-order valence-corrected chi connectivity index (χ2v) is 5.21. The van der Waals surface area contributed by atoms with Gasteiger partial charge in [-0.2, -0.15) is 0 Å². The van der Waals surface area contributed by atoms with Crippen molar-refractivity contribution in [3.63, 3.8) is 0 Å². The van der Waals surface area contributed by atoms with E-state index in [2.05, 4.69) is 28.1 Å². The van der Waals surface area contributed by atoms with Crippen LogP contribution < -0.4 is 4.90 Å². The molecule has 0 fully saturated rings. The van der Waals surface area contributed by atoms with Gasteiger partial charge in [0.1, 0.15) is 5.75 Å². The van der Waals surface area contributed by atoms with Gasteiger partial charge in [-0.1, -0.05) is 24.3 Å². The molecule has 0 saturated carbocycles. The molecule has 0 spiro atoms. The lowest BCUT2D eigenvalue weighted by atomic mass is 10.0. The van der Waals surface area contributed by atoms with Crippen LogP contribution in [-0.4, -0.2) is 24.2 Å². The predicted molar refractivity (Wildman–Crippen MR) is 83.5 cm³/mol. The van der Waals surface area contributed by atoms with Crippen molar-refractivity contribution in [2.75, 3.05) is 19.0 Å². The van der Waals surface area contributed by atoms with Crippen molar-refractivity contribution in [2.24, 2.45) is 0 Å². The summed E-state index contributed by atoms with van der Waals surface area (Å²) in [7, 11) is 4.09. The number of nitrogens with one attached hydrogen (secondary N) is 1. The predicted octanol–water partition coefficient (Wildman–Crippen LogP) is 3.53. The van der Waals surface area contributed by atoms with Gasteiger partial charge in [0, 0.05) is 43.3 Å². The van der Waals surface area contributed by atoms with Crippen LogP contribution in [0.1, 0.15) is 11.1 Å². The highest BCUT2D eigenvalue weighted by atomic mass is 16.3. The summed E-state index contributed by atoms with van der Waals surface area (Å²) in [5.41, 5.74) is 4.55. The molecule has 1 aromatic heterocycles. The van der Waals surface area contributed by atoms with Gasteiger partial charge in [-0.15, -0.1) is 0 Å². The molecule has 2 N–H and O–H groups in total. The average Bonchev–Trinajstić information content (AvgIpc) is 2.84. The molecule has 3 aromatic rings. The monoisotopic (exact) mass is 266 g/mol. The number of aromatic nitrogens is 1. The van der Waals surface area contributed by atoms with Gasteiger partial charge >= 0.3 is 0 Å². The summed E-state index contributed by atoms with van der Waals surface area (Å²) in [4.78, 5) is 5.34. The Morgan fingerprint density at radius 2 is 1.80 bits per heavy atom. The first-order chi connectivity index (χ1) is 9.66. The molecular weight excluding hydrogens is 248 g/mol. The Morgan fingerprint density at radius 1 is 1.00 bits per heavy atom. The molecule has 0 aliphatic heterocycles. The van der Waals surface area contributed by atoms with E-state index < -0.39 is 0 Å². The molecule has 0 aliphatic rings. The van der Waals surface area contributed by atoms with Crippen LogP contribution in [0.3, 0.4) is 0 Å². The molecular formula is C17H18N2O. The van der Waals surface area contributed by atoms with Crippen LogP contribution in [0.4, 0.5) is 5.69 Å². The minimum Gasteiger partial charge on any atom is -0.507 e. The van der Waals surface area contributed by atoms with Gasteiger partial charge in [0.05, 0.1) is 0 Å². The number of phenols is 1. The van der Waals surface area contributed by atoms with E-state index in [1.165, 1.54) is 11.3 Å². The van der Waals surface area contributed by atoms with Gasteiger partial charge in [0.2, 0.25) is 0 Å². The third kappa shape index (κ3) is 2.11. The number of benzene rings is 2. The van der Waals surface area contributed by atoms with Crippen LogP contribution in [-0.2, 0) is 6.42 Å². The molecule has 1 heterocycles. The Balaban J connectivity index is 2.06. The SMILES string of the molecule is CN(C)c1ccccc1Cc1c[nH]c2cccc(O)c12. The lowest BCUT2D eigenvalue weighted by molar-refractivity contribution is 0.481. The number of rotatable bonds is 3. The molecule has 20 heavy (non-hydrogen) atoms. The number of hydrogen-bond donors (Lipinski definition) is 2. The van der Waals surface area contributed by atoms with E-state index in [0.29, 0.717) is 5.75 Å². The van der Waals surface area contributed by atoms with Crippen molar-refractivity contribution >= 4 is 16.6 Å². The second kappa shape index (κ2) is 4.93. The number of aromatic hydroxyl groups is 1. The normalized spacial score (nSPS) is 10.9. The molecule has 0 amide bonds. The van der Waals surface area contributed by atoms with Gasteiger partial charge in [0.25, 0.3) is 0 Å². The van der Waals surface area contributed by atoms with Crippen LogP contribution in [0, 0.1) is 0 Å². The Morgan fingerprint density at radius 3 is 2.60 bits per heavy atom. The minimum absolute atomic E-state index is 0.334. The molecule has 3 heteroatoms. The Labute approximate surface area is 118 Å². The summed E-state index contributed by atoms with van der Waals surface area (Å²) >= 11 is 0. The van der Waals surface area contributed by atoms with Crippen molar-refractivity contribution in [1.82, 2.24) is 4.98 Å². The highest BCUT2D eigenvalue weighted by Gasteiger charge is 2.11. The smallest absolute Gasteiger partial charge is 0.125 e. The Bertz CT molecular complexity index is 744. The van der Waals surface area contributed by atoms with Gasteiger partial charge in [-0.05, 0) is 29.3 Å². The molecule has 0 radical (unpaired) electrons. The van der Waals surface area contributed by atoms with Crippen LogP contribution >= 0.6 is 0 Å². The highest BCUT2D eigenvalue weighted by Crippen LogP contribution is 2.30. The standard InChI is InChI=1S/C17H18N2O/c1-19(2)15-8-4-3-6-12(15)10-13-11-18-14-7-5-9-16(20)17(13)14/h3-9,11,18,20H,10H2,1-2H3. The van der Waals surface area contributed by atoms with Gasteiger partial charge in [0.15, 0.2) is 0 Å². The number of H-pyrrole nitrogens is 1. The number of phenolic OH excluding ortho intramolecular Hbond substituents is 1. The number of para-hydroxylation sites is 1. The van der Waals surface area contributed by atoms with Crippen molar-refractivity contribution in [3.8, 4) is 5.75 Å². The summed E-state index contributed by atoms with van der Waals surface area (Å²) in [6.45, 7) is 0. The molecule has 0 atom stereocenters. The van der Waals surface area contributed by atoms with Gasteiger partial charge in [-0.3, -0.25) is 0 Å². The van der Waals surface area contributed by atoms with Crippen molar-refractivity contribution < 1.29 is 5.11 Å². The fourth-order valence-electron chi connectivity index (χ4n) is 2.68. The van der Waals surface area contributed by atoms with Crippen LogP contribution in [0.2, 0.25) is 0 Å². The quantitative estimate of drug-likeness (QED) is 0.761. The van der Waals surface area contributed by atoms with Crippen LogP contribution in [0.5, 0.6) is 5.75 Å². The van der Waals surface area contributed by atoms with E-state index in [1.807, 2.05) is 38.5 Å². The Hall–Kier alpha value is -2.42. The maximum atomic E-state index is 10.1. The van der Waals surface area contributed by atoms with E-state index in [9.17, 15) is 5.11 Å². The Kier molecular flexibility index (Phi) is 3.11. The second-order valence-electron chi connectivity index (χ2n) is 5.21. The molecule has 2 aromatic carbocycles. The van der Waals surface area contributed by atoms with E-state index in [4.69, 9.17) is 0 Å². The molecule has 0 bridgehead atoms. The average molecular weight is 266 g/mol. The summed E-state index contributed by atoms with van der Waals surface area (Å²) in [5.74, 6) is 0.334. The maximum absolute atomic E-state index is 10.1. The highest BCUT2D eigenvalue weighted by molar-refractivity contribution is 5.89. The summed E-state index contributed by atoms with van der Waals surface area (Å²) in [6, 6.07) is 13.9. The molecule has 0 unspecified atom stereocenters. The third-order valence-corrected chi connectivity index (χ3v) is 3.62. The zero-order chi connectivity index (χ0) is 14.1. The van der Waals surface area contributed by atoms with E-state index in [-0.39, 0.29) is 0 Å². The number of hydrogen-bond acceptors (Lipinski definition) is 2. The third-order valence-electron chi connectivity index (χ3n) is 3.62. The fraction of sp³-hybridized carbons (Fsp3) is 0.176. The topological polar surface area (TPSA) is 39.3 Å².